The molecule has 0 unspecified atom stereocenters. The van der Waals surface area contributed by atoms with Crippen LogP contribution in [-0.2, 0) is 16.6 Å². The molecule has 2 aromatic heterocycles. The summed E-state index contributed by atoms with van der Waals surface area (Å²) in [5.41, 5.74) is 2.82. The van der Waals surface area contributed by atoms with Crippen LogP contribution in [0.2, 0.25) is 0 Å². The van der Waals surface area contributed by atoms with Gasteiger partial charge >= 0.3 is 0 Å². The zero-order chi connectivity index (χ0) is 16.4. The molecule has 0 spiro atoms. The number of aryl methyl sites for hydroxylation is 2. The molecule has 0 aromatic carbocycles. The van der Waals surface area contributed by atoms with Crippen molar-refractivity contribution in [2.45, 2.75) is 19.3 Å². The fourth-order valence-electron chi connectivity index (χ4n) is 3.00. The largest absolute Gasteiger partial charge is 0.375 e. The number of carbonyl (C=O) groups is 1. The lowest BCUT2D eigenvalue weighted by Crippen LogP contribution is -2.31. The summed E-state index contributed by atoms with van der Waals surface area (Å²) in [6.07, 6.45) is 2.67. The summed E-state index contributed by atoms with van der Waals surface area (Å²) < 4.78 is 6.73. The van der Waals surface area contributed by atoms with Crippen molar-refractivity contribution in [2.75, 3.05) is 26.8 Å². The second kappa shape index (κ2) is 6.45. The fraction of sp³-hybridized carbons (Fsp3) is 0.500. The van der Waals surface area contributed by atoms with Gasteiger partial charge in [0.05, 0.1) is 11.4 Å². The van der Waals surface area contributed by atoms with Crippen molar-refractivity contribution in [1.82, 2.24) is 24.6 Å². The molecule has 0 bridgehead atoms. The molecule has 0 aliphatic carbocycles. The highest BCUT2D eigenvalue weighted by atomic mass is 16.5. The fourth-order valence-corrected chi connectivity index (χ4v) is 3.00. The van der Waals surface area contributed by atoms with Crippen LogP contribution in [0, 0.1) is 6.92 Å². The Morgan fingerprint density at radius 3 is 2.96 bits per heavy atom. The number of hydrogen-bond acceptors (Lipinski definition) is 5. The highest BCUT2D eigenvalue weighted by Crippen LogP contribution is 2.28. The number of methoxy groups -OCH3 is 1. The first-order valence-corrected chi connectivity index (χ1v) is 7.69. The van der Waals surface area contributed by atoms with Crippen LogP contribution in [0.3, 0.4) is 0 Å². The lowest BCUT2D eigenvalue weighted by atomic mass is 10.0. The van der Waals surface area contributed by atoms with Gasteiger partial charge in [-0.3, -0.25) is 9.48 Å². The van der Waals surface area contributed by atoms with Gasteiger partial charge in [-0.05, 0) is 25.5 Å². The highest BCUT2D eigenvalue weighted by molar-refractivity contribution is 5.77. The van der Waals surface area contributed by atoms with Gasteiger partial charge in [0.15, 0.2) is 0 Å². The molecule has 0 saturated carbocycles. The van der Waals surface area contributed by atoms with Gasteiger partial charge in [0.1, 0.15) is 12.4 Å². The molecular weight excluding hydrogens is 294 g/mol. The Bertz CT molecular complexity index is 712. The minimum absolute atomic E-state index is 0.0348. The summed E-state index contributed by atoms with van der Waals surface area (Å²) in [6, 6.07) is 3.95. The zero-order valence-electron chi connectivity index (χ0n) is 13.7. The van der Waals surface area contributed by atoms with Crippen molar-refractivity contribution in [3.8, 4) is 11.4 Å². The molecule has 1 saturated heterocycles. The van der Waals surface area contributed by atoms with E-state index in [4.69, 9.17) is 4.74 Å². The predicted octanol–water partition coefficient (Wildman–Crippen LogP) is 1.15. The van der Waals surface area contributed by atoms with E-state index in [0.29, 0.717) is 6.54 Å². The summed E-state index contributed by atoms with van der Waals surface area (Å²) in [5.74, 6) is 1.01. The first kappa shape index (κ1) is 15.6. The zero-order valence-corrected chi connectivity index (χ0v) is 13.7. The molecule has 1 aliphatic rings. The Morgan fingerprint density at radius 2 is 2.26 bits per heavy atom. The maximum Gasteiger partial charge on any atom is 0.248 e. The van der Waals surface area contributed by atoms with E-state index in [-0.39, 0.29) is 18.4 Å². The monoisotopic (exact) mass is 315 g/mol. The van der Waals surface area contributed by atoms with Crippen molar-refractivity contribution in [3.05, 3.63) is 29.8 Å². The molecule has 1 atom stereocenters. The quantitative estimate of drug-likeness (QED) is 0.846. The van der Waals surface area contributed by atoms with Gasteiger partial charge in [0.25, 0.3) is 0 Å². The van der Waals surface area contributed by atoms with E-state index >= 15 is 0 Å². The molecule has 3 rings (SSSR count). The standard InChI is InChI=1S/C16H21N5O2/c1-11-18-13(8-14(19-11)15-4-6-17-20(15)2)12-5-7-21(9-12)16(22)10-23-3/h4,6,8,12H,5,7,9-10H2,1-3H3/t12-/m0/s1. The number of hydrogen-bond donors (Lipinski definition) is 0. The molecule has 1 amide bonds. The van der Waals surface area contributed by atoms with Gasteiger partial charge in [0, 0.05) is 45.1 Å². The van der Waals surface area contributed by atoms with Gasteiger partial charge in [0.2, 0.25) is 5.91 Å². The second-order valence-corrected chi connectivity index (χ2v) is 5.82. The average Bonchev–Trinajstić information content (AvgIpc) is 3.15. The Kier molecular flexibility index (Phi) is 4.38. The van der Waals surface area contributed by atoms with Crippen LogP contribution in [-0.4, -0.2) is 57.4 Å². The Labute approximate surface area is 135 Å². The minimum atomic E-state index is 0.0348. The van der Waals surface area contributed by atoms with Crippen LogP contribution >= 0.6 is 0 Å². The SMILES string of the molecule is COCC(=O)N1CC[C@H](c2cc(-c3ccnn3C)nc(C)n2)C1. The predicted molar refractivity (Wildman–Crippen MR) is 84.8 cm³/mol. The summed E-state index contributed by atoms with van der Waals surface area (Å²) in [4.78, 5) is 22.9. The summed E-state index contributed by atoms with van der Waals surface area (Å²) in [5, 5.41) is 4.20. The molecule has 0 radical (unpaired) electrons. The van der Waals surface area contributed by atoms with Crippen LogP contribution in [0.1, 0.15) is 23.9 Å². The van der Waals surface area contributed by atoms with E-state index in [9.17, 15) is 4.79 Å². The molecular formula is C16H21N5O2. The van der Waals surface area contributed by atoms with Crippen molar-refractivity contribution in [1.29, 1.82) is 0 Å². The summed E-state index contributed by atoms with van der Waals surface area (Å²) >= 11 is 0. The maximum atomic E-state index is 11.9. The number of amides is 1. The van der Waals surface area contributed by atoms with Gasteiger partial charge in [-0.15, -0.1) is 0 Å². The Hall–Kier alpha value is -2.28. The molecule has 1 fully saturated rings. The number of likely N-dealkylation sites (tertiary alicyclic amines) is 1. The van der Waals surface area contributed by atoms with Gasteiger partial charge in [-0.25, -0.2) is 9.97 Å². The summed E-state index contributed by atoms with van der Waals surface area (Å²) in [7, 11) is 3.44. The lowest BCUT2D eigenvalue weighted by Gasteiger charge is -2.16. The number of aromatic nitrogens is 4. The number of ether oxygens (including phenoxy) is 1. The third-order valence-corrected chi connectivity index (χ3v) is 4.17. The third kappa shape index (κ3) is 3.24. The van der Waals surface area contributed by atoms with Crippen LogP contribution < -0.4 is 0 Å². The molecule has 3 heterocycles. The molecule has 1 aliphatic heterocycles. The minimum Gasteiger partial charge on any atom is -0.375 e. The van der Waals surface area contributed by atoms with E-state index in [1.54, 1.807) is 18.0 Å². The number of carbonyl (C=O) groups excluding carboxylic acids is 1. The van der Waals surface area contributed by atoms with Crippen LogP contribution in [0.15, 0.2) is 18.3 Å². The topological polar surface area (TPSA) is 73.1 Å². The van der Waals surface area contributed by atoms with E-state index in [1.807, 2.05) is 31.0 Å². The third-order valence-electron chi connectivity index (χ3n) is 4.17. The Balaban J connectivity index is 1.83. The molecule has 122 valence electrons. The summed E-state index contributed by atoms with van der Waals surface area (Å²) in [6.45, 7) is 3.46. The molecule has 23 heavy (non-hydrogen) atoms. The van der Waals surface area contributed by atoms with Crippen molar-refractivity contribution in [3.63, 3.8) is 0 Å². The average molecular weight is 315 g/mol. The van der Waals surface area contributed by atoms with Gasteiger partial charge in [-0.1, -0.05) is 0 Å². The number of rotatable bonds is 4. The molecule has 7 nitrogen and oxygen atoms in total. The second-order valence-electron chi connectivity index (χ2n) is 5.82. The van der Waals surface area contributed by atoms with E-state index in [0.717, 1.165) is 35.9 Å². The smallest absolute Gasteiger partial charge is 0.248 e. The van der Waals surface area contributed by atoms with Crippen LogP contribution in [0.5, 0.6) is 0 Å². The van der Waals surface area contributed by atoms with Crippen LogP contribution in [0.4, 0.5) is 0 Å². The van der Waals surface area contributed by atoms with E-state index in [2.05, 4.69) is 15.1 Å². The van der Waals surface area contributed by atoms with Crippen molar-refractivity contribution in [2.24, 2.45) is 7.05 Å². The lowest BCUT2D eigenvalue weighted by molar-refractivity contribution is -0.134. The van der Waals surface area contributed by atoms with Crippen LogP contribution in [0.25, 0.3) is 11.4 Å². The van der Waals surface area contributed by atoms with Crippen molar-refractivity contribution >= 4 is 5.91 Å². The van der Waals surface area contributed by atoms with E-state index < -0.39 is 0 Å². The Morgan fingerprint density at radius 1 is 1.43 bits per heavy atom. The van der Waals surface area contributed by atoms with Gasteiger partial charge in [-0.2, -0.15) is 5.10 Å². The molecule has 0 N–H and O–H groups in total. The van der Waals surface area contributed by atoms with E-state index in [1.165, 1.54) is 0 Å². The van der Waals surface area contributed by atoms with Gasteiger partial charge < -0.3 is 9.64 Å². The normalized spacial score (nSPS) is 17.7. The first-order chi connectivity index (χ1) is 11.1. The molecule has 2 aromatic rings. The highest BCUT2D eigenvalue weighted by Gasteiger charge is 2.28. The maximum absolute atomic E-state index is 11.9. The first-order valence-electron chi connectivity index (χ1n) is 7.69. The number of nitrogens with zero attached hydrogens (tertiary/aromatic N) is 5. The molecule has 7 heteroatoms. The van der Waals surface area contributed by atoms with Crippen molar-refractivity contribution < 1.29 is 9.53 Å².